The molecule has 2 aliphatic heterocycles. The van der Waals surface area contributed by atoms with E-state index in [9.17, 15) is 9.90 Å². The second-order valence-corrected chi connectivity index (χ2v) is 7.29. The molecule has 2 fully saturated rings. The van der Waals surface area contributed by atoms with Gasteiger partial charge in [-0.2, -0.15) is 0 Å². The van der Waals surface area contributed by atoms with Gasteiger partial charge in [0.15, 0.2) is 0 Å². The molecule has 0 amide bonds. The van der Waals surface area contributed by atoms with Crippen molar-refractivity contribution < 1.29 is 9.90 Å². The maximum atomic E-state index is 11.2. The Morgan fingerprint density at radius 2 is 2.08 bits per heavy atom. The molecule has 2 aromatic rings. The molecular weight excluding hydrogens is 314 g/mol. The van der Waals surface area contributed by atoms with Crippen LogP contribution in [0.3, 0.4) is 0 Å². The van der Waals surface area contributed by atoms with Crippen molar-refractivity contribution in [3.05, 3.63) is 42.2 Å². The molecule has 1 aromatic heterocycles. The predicted molar refractivity (Wildman–Crippen MR) is 96.6 cm³/mol. The van der Waals surface area contributed by atoms with Gasteiger partial charge in [0.25, 0.3) is 0 Å². The number of benzene rings is 1. The first-order valence-corrected chi connectivity index (χ1v) is 9.31. The van der Waals surface area contributed by atoms with Crippen LogP contribution < -0.4 is 0 Å². The quantitative estimate of drug-likeness (QED) is 0.926. The number of hydrogen-bond donors (Lipinski definition) is 1. The van der Waals surface area contributed by atoms with Crippen LogP contribution >= 0.6 is 0 Å². The van der Waals surface area contributed by atoms with Gasteiger partial charge in [0, 0.05) is 30.5 Å². The summed E-state index contributed by atoms with van der Waals surface area (Å²) in [5.74, 6) is 0.630. The normalized spacial score (nSPS) is 24.0. The van der Waals surface area contributed by atoms with Gasteiger partial charge in [0.1, 0.15) is 5.82 Å². The number of aromatic carboxylic acids is 1. The van der Waals surface area contributed by atoms with Gasteiger partial charge >= 0.3 is 5.97 Å². The molecule has 132 valence electrons. The first-order valence-electron chi connectivity index (χ1n) is 9.31. The van der Waals surface area contributed by atoms with E-state index in [0.29, 0.717) is 17.5 Å². The van der Waals surface area contributed by atoms with Gasteiger partial charge in [-0.15, -0.1) is 0 Å². The number of carboxylic acid groups (broad SMARTS) is 1. The van der Waals surface area contributed by atoms with Gasteiger partial charge in [0.2, 0.25) is 0 Å². The summed E-state index contributed by atoms with van der Waals surface area (Å²) in [5.41, 5.74) is 1.18. The van der Waals surface area contributed by atoms with Gasteiger partial charge in [-0.05, 0) is 56.8 Å². The van der Waals surface area contributed by atoms with Crippen LogP contribution in [0.4, 0.5) is 0 Å². The Morgan fingerprint density at radius 1 is 1.20 bits per heavy atom. The van der Waals surface area contributed by atoms with Crippen LogP contribution in [0.15, 0.2) is 36.7 Å². The lowest BCUT2D eigenvalue weighted by molar-refractivity contribution is 0.0521. The summed E-state index contributed by atoms with van der Waals surface area (Å²) in [7, 11) is 0. The van der Waals surface area contributed by atoms with Crippen molar-refractivity contribution in [3.63, 3.8) is 0 Å². The van der Waals surface area contributed by atoms with E-state index in [-0.39, 0.29) is 0 Å². The summed E-state index contributed by atoms with van der Waals surface area (Å²) < 4.78 is 2.21. The first kappa shape index (κ1) is 16.3. The summed E-state index contributed by atoms with van der Waals surface area (Å²) in [6.45, 7) is 3.46. The highest BCUT2D eigenvalue weighted by Gasteiger charge is 2.33. The maximum absolute atomic E-state index is 11.2. The van der Waals surface area contributed by atoms with Crippen molar-refractivity contribution in [2.75, 3.05) is 13.1 Å². The molecule has 2 saturated heterocycles. The lowest BCUT2D eigenvalue weighted by atomic mass is 9.83. The van der Waals surface area contributed by atoms with Crippen LogP contribution in [0.2, 0.25) is 0 Å². The highest BCUT2D eigenvalue weighted by molar-refractivity contribution is 5.89. The highest BCUT2D eigenvalue weighted by Crippen LogP contribution is 2.32. The van der Waals surface area contributed by atoms with Crippen LogP contribution in [0.25, 0.3) is 11.4 Å². The van der Waals surface area contributed by atoms with Crippen molar-refractivity contribution in [2.45, 2.75) is 44.7 Å². The Hall–Kier alpha value is -2.14. The fraction of sp³-hybridized carbons (Fsp3) is 0.500. The monoisotopic (exact) mass is 339 g/mol. The zero-order valence-corrected chi connectivity index (χ0v) is 14.5. The summed E-state index contributed by atoms with van der Waals surface area (Å²) in [6.07, 6.45) is 10.4. The summed E-state index contributed by atoms with van der Waals surface area (Å²) in [6, 6.07) is 7.78. The topological polar surface area (TPSA) is 58.4 Å². The maximum Gasteiger partial charge on any atom is 0.335 e. The molecular formula is C20H25N3O2. The van der Waals surface area contributed by atoms with Crippen molar-refractivity contribution in [1.82, 2.24) is 14.5 Å². The number of imidazole rings is 1. The van der Waals surface area contributed by atoms with Gasteiger partial charge in [-0.3, -0.25) is 0 Å². The Morgan fingerprint density at radius 3 is 2.96 bits per heavy atom. The van der Waals surface area contributed by atoms with E-state index in [0.717, 1.165) is 17.9 Å². The van der Waals surface area contributed by atoms with Gasteiger partial charge < -0.3 is 14.6 Å². The van der Waals surface area contributed by atoms with E-state index in [2.05, 4.69) is 14.5 Å². The fourth-order valence-corrected chi connectivity index (χ4v) is 4.55. The molecule has 2 atom stereocenters. The first-order chi connectivity index (χ1) is 12.2. The van der Waals surface area contributed by atoms with Crippen LogP contribution in [-0.2, 0) is 6.54 Å². The number of hydrogen-bond acceptors (Lipinski definition) is 3. The number of fused-ring (bicyclic) bond motifs is 1. The number of nitrogens with zero attached hydrogens (tertiary/aromatic N) is 3. The summed E-state index contributed by atoms with van der Waals surface area (Å²) in [4.78, 5) is 18.4. The second kappa shape index (κ2) is 7.00. The Balaban J connectivity index is 1.57. The minimum Gasteiger partial charge on any atom is -0.478 e. The smallest absolute Gasteiger partial charge is 0.335 e. The zero-order valence-electron chi connectivity index (χ0n) is 14.5. The van der Waals surface area contributed by atoms with Gasteiger partial charge in [-0.25, -0.2) is 9.78 Å². The van der Waals surface area contributed by atoms with Crippen LogP contribution in [0.1, 0.15) is 42.5 Å². The standard InChI is InChI=1S/C20H25N3O2/c24-20(25)16-6-3-5-15(13-16)19-21-9-12-23(19)14-17-7-4-11-22-10-2-1-8-18(17)22/h3,5-6,9,12-13,17-18H,1-2,4,7-8,10-11,14H2,(H,24,25)/t17-,18+/m0/s1. The van der Waals surface area contributed by atoms with E-state index in [1.807, 2.05) is 18.5 Å². The number of aromatic nitrogens is 2. The Kier molecular flexibility index (Phi) is 4.57. The third-order valence-electron chi connectivity index (χ3n) is 5.74. The average Bonchev–Trinajstić information content (AvgIpc) is 3.10. The van der Waals surface area contributed by atoms with Crippen molar-refractivity contribution in [1.29, 1.82) is 0 Å². The van der Waals surface area contributed by atoms with Crippen molar-refractivity contribution in [3.8, 4) is 11.4 Å². The third-order valence-corrected chi connectivity index (χ3v) is 5.74. The Bertz CT molecular complexity index is 753. The zero-order chi connectivity index (χ0) is 17.2. The second-order valence-electron chi connectivity index (χ2n) is 7.29. The number of piperidine rings is 2. The molecule has 0 unspecified atom stereocenters. The van der Waals surface area contributed by atoms with Crippen molar-refractivity contribution in [2.24, 2.45) is 5.92 Å². The molecule has 0 saturated carbocycles. The van der Waals surface area contributed by atoms with E-state index in [4.69, 9.17) is 0 Å². The minimum absolute atomic E-state index is 0.308. The fourth-order valence-electron chi connectivity index (χ4n) is 4.55. The molecule has 0 aliphatic carbocycles. The number of carbonyl (C=O) groups is 1. The molecule has 0 spiro atoms. The molecule has 0 bridgehead atoms. The van der Waals surface area contributed by atoms with Gasteiger partial charge in [-0.1, -0.05) is 18.6 Å². The largest absolute Gasteiger partial charge is 0.478 e. The van der Waals surface area contributed by atoms with Crippen LogP contribution in [0.5, 0.6) is 0 Å². The SMILES string of the molecule is O=C(O)c1cccc(-c2nccn2C[C@@H]2CCCN3CCCC[C@H]23)c1. The molecule has 2 aliphatic rings. The number of carboxylic acids is 1. The van der Waals surface area contributed by atoms with Gasteiger partial charge in [0.05, 0.1) is 5.56 Å². The number of rotatable bonds is 4. The molecule has 1 aromatic carbocycles. The third kappa shape index (κ3) is 3.33. The highest BCUT2D eigenvalue weighted by atomic mass is 16.4. The molecule has 5 nitrogen and oxygen atoms in total. The predicted octanol–water partition coefficient (Wildman–Crippen LogP) is 3.51. The van der Waals surface area contributed by atoms with Crippen molar-refractivity contribution >= 4 is 5.97 Å². The lowest BCUT2D eigenvalue weighted by Crippen LogP contribution is -2.49. The summed E-state index contributed by atoms with van der Waals surface area (Å²) in [5, 5.41) is 9.23. The molecule has 25 heavy (non-hydrogen) atoms. The molecule has 4 rings (SSSR count). The van der Waals surface area contributed by atoms with E-state index in [1.54, 1.807) is 18.2 Å². The molecule has 5 heteroatoms. The average molecular weight is 339 g/mol. The van der Waals surface area contributed by atoms with Crippen LogP contribution in [-0.4, -0.2) is 44.7 Å². The van der Waals surface area contributed by atoms with E-state index < -0.39 is 5.97 Å². The molecule has 3 heterocycles. The Labute approximate surface area is 148 Å². The summed E-state index contributed by atoms with van der Waals surface area (Å²) >= 11 is 0. The molecule has 1 N–H and O–H groups in total. The molecule has 0 radical (unpaired) electrons. The van der Waals surface area contributed by atoms with E-state index in [1.165, 1.54) is 45.2 Å². The lowest BCUT2D eigenvalue weighted by Gasteiger charge is -2.44. The minimum atomic E-state index is -0.898. The van der Waals surface area contributed by atoms with Crippen LogP contribution in [0, 0.1) is 5.92 Å². The van der Waals surface area contributed by atoms with E-state index >= 15 is 0 Å².